The normalized spacial score (nSPS) is 17.9. The van der Waals surface area contributed by atoms with Crippen LogP contribution in [0.1, 0.15) is 17.0 Å². The highest BCUT2D eigenvalue weighted by Gasteiger charge is 2.24. The molecule has 1 aliphatic heterocycles. The Balaban J connectivity index is 0.00000210. The van der Waals surface area contributed by atoms with Crippen LogP contribution in [0, 0.1) is 0 Å². The number of hydrogen-bond acceptors (Lipinski definition) is 3. The molecule has 1 aliphatic rings. The lowest BCUT2D eigenvalue weighted by Crippen LogP contribution is -2.48. The zero-order valence-electron chi connectivity index (χ0n) is 15.0. The molecule has 0 bridgehead atoms. The summed E-state index contributed by atoms with van der Waals surface area (Å²) in [7, 11) is 0. The summed E-state index contributed by atoms with van der Waals surface area (Å²) in [4.78, 5) is 15.8. The number of nitrogens with one attached hydrogen (secondary N) is 3. The van der Waals surface area contributed by atoms with Crippen LogP contribution in [0.15, 0.2) is 60.8 Å². The lowest BCUT2D eigenvalue weighted by Gasteiger charge is -2.24. The second kappa shape index (κ2) is 9.04. The Morgan fingerprint density at radius 3 is 2.70 bits per heavy atom. The number of carbonyl (C=O) groups excluding carboxylic acids is 1. The first kappa shape index (κ1) is 19.4. The van der Waals surface area contributed by atoms with E-state index in [1.165, 1.54) is 16.5 Å². The van der Waals surface area contributed by atoms with Crippen LogP contribution in [0.4, 0.5) is 0 Å². The smallest absolute Gasteiger partial charge is 0.250 e. The topological polar surface area (TPSA) is 66.2 Å². The number of fused-ring (bicyclic) bond motifs is 1. The summed E-state index contributed by atoms with van der Waals surface area (Å²) in [5.74, 6) is 0.0193. The average Bonchev–Trinajstić information content (AvgIpc) is 3.14. The molecule has 0 radical (unpaired) electrons. The van der Waals surface area contributed by atoms with Gasteiger partial charge in [0.2, 0.25) is 5.91 Å². The van der Waals surface area contributed by atoms with Gasteiger partial charge in [0.15, 0.2) is 0 Å². The molecule has 1 saturated heterocycles. The maximum absolute atomic E-state index is 12.5. The van der Waals surface area contributed by atoms with Crippen LogP contribution in [0.3, 0.4) is 0 Å². The molecular formula is C21H24ClN3O2. The zero-order chi connectivity index (χ0) is 17.8. The molecule has 3 N–H and O–H groups in total. The molecule has 2 atom stereocenters. The summed E-state index contributed by atoms with van der Waals surface area (Å²) in [6.07, 6.45) is 1.64. The Hall–Kier alpha value is -2.34. The Bertz CT molecular complexity index is 875. The molecule has 27 heavy (non-hydrogen) atoms. The molecule has 2 unspecified atom stereocenters. The number of amides is 1. The molecular weight excluding hydrogens is 362 g/mol. The quantitative estimate of drug-likeness (QED) is 0.632. The van der Waals surface area contributed by atoms with E-state index in [0.717, 1.165) is 12.1 Å². The highest BCUT2D eigenvalue weighted by atomic mass is 35.5. The minimum absolute atomic E-state index is 0. The van der Waals surface area contributed by atoms with Crippen LogP contribution in [-0.4, -0.2) is 43.2 Å². The molecule has 3 aromatic rings. The summed E-state index contributed by atoms with van der Waals surface area (Å²) in [5.41, 5.74) is 3.48. The molecule has 1 aromatic heterocycles. The van der Waals surface area contributed by atoms with E-state index >= 15 is 0 Å². The van der Waals surface area contributed by atoms with Crippen molar-refractivity contribution in [1.82, 2.24) is 15.6 Å². The van der Waals surface area contributed by atoms with Gasteiger partial charge in [-0.3, -0.25) is 4.79 Å². The summed E-state index contributed by atoms with van der Waals surface area (Å²) >= 11 is 0. The van der Waals surface area contributed by atoms with Crippen molar-refractivity contribution in [3.8, 4) is 0 Å². The molecule has 6 heteroatoms. The van der Waals surface area contributed by atoms with Crippen molar-refractivity contribution in [3.63, 3.8) is 0 Å². The van der Waals surface area contributed by atoms with Gasteiger partial charge in [0.25, 0.3) is 0 Å². The van der Waals surface area contributed by atoms with Crippen molar-refractivity contribution < 1.29 is 9.53 Å². The van der Waals surface area contributed by atoms with Crippen LogP contribution >= 0.6 is 12.4 Å². The van der Waals surface area contributed by atoms with Crippen LogP contribution in [0.25, 0.3) is 10.9 Å². The Morgan fingerprint density at radius 1 is 1.15 bits per heavy atom. The van der Waals surface area contributed by atoms with Crippen molar-refractivity contribution in [2.75, 3.05) is 26.2 Å². The number of carbonyl (C=O) groups is 1. The third-order valence-corrected chi connectivity index (χ3v) is 4.90. The van der Waals surface area contributed by atoms with E-state index in [1.807, 2.05) is 36.5 Å². The largest absolute Gasteiger partial charge is 0.366 e. The number of aromatic nitrogens is 1. The highest BCUT2D eigenvalue weighted by molar-refractivity contribution is 5.85. The number of aromatic amines is 1. The van der Waals surface area contributed by atoms with Crippen molar-refractivity contribution in [2.45, 2.75) is 12.0 Å². The van der Waals surface area contributed by atoms with Crippen molar-refractivity contribution in [1.29, 1.82) is 0 Å². The maximum Gasteiger partial charge on any atom is 0.250 e. The molecule has 1 amide bonds. The number of ether oxygens (including phenoxy) is 1. The number of hydrogen-bond donors (Lipinski definition) is 3. The van der Waals surface area contributed by atoms with Crippen molar-refractivity contribution in [3.05, 3.63) is 71.9 Å². The van der Waals surface area contributed by atoms with E-state index in [2.05, 4.69) is 39.9 Å². The standard InChI is InChI=1S/C21H23N3O2.ClH/c25-21(20-14-22-10-11-26-20)24-12-17(15-6-2-1-3-7-15)18-13-23-19-9-5-4-8-16(18)19;/h1-9,13,17,20,22-23H,10-12,14H2,(H,24,25);1H. The molecule has 142 valence electrons. The SMILES string of the molecule is Cl.O=C(NCC(c1ccccc1)c1c[nH]c2ccccc12)C1CNCCO1. The zero-order valence-corrected chi connectivity index (χ0v) is 15.8. The van der Waals surface area contributed by atoms with Gasteiger partial charge in [0.05, 0.1) is 6.61 Å². The summed E-state index contributed by atoms with van der Waals surface area (Å²) in [6, 6.07) is 18.6. The van der Waals surface area contributed by atoms with E-state index in [-0.39, 0.29) is 24.2 Å². The molecule has 5 nitrogen and oxygen atoms in total. The Morgan fingerprint density at radius 2 is 1.93 bits per heavy atom. The number of morpholine rings is 1. The van der Waals surface area contributed by atoms with Gasteiger partial charge >= 0.3 is 0 Å². The summed E-state index contributed by atoms with van der Waals surface area (Å²) in [6.45, 7) is 2.47. The number of halogens is 1. The van der Waals surface area contributed by atoms with E-state index in [4.69, 9.17) is 4.74 Å². The number of H-pyrrole nitrogens is 1. The molecule has 0 spiro atoms. The monoisotopic (exact) mass is 385 g/mol. The molecule has 1 fully saturated rings. The second-order valence-corrected chi connectivity index (χ2v) is 6.56. The first-order valence-corrected chi connectivity index (χ1v) is 9.04. The number of benzene rings is 2. The van der Waals surface area contributed by atoms with Crippen LogP contribution in [-0.2, 0) is 9.53 Å². The van der Waals surface area contributed by atoms with Gasteiger partial charge in [0.1, 0.15) is 6.10 Å². The third kappa shape index (κ3) is 4.33. The Kier molecular flexibility index (Phi) is 6.50. The lowest BCUT2D eigenvalue weighted by molar-refractivity contribution is -0.134. The van der Waals surface area contributed by atoms with Gasteiger partial charge < -0.3 is 20.4 Å². The van der Waals surface area contributed by atoms with Gasteiger partial charge in [-0.15, -0.1) is 12.4 Å². The van der Waals surface area contributed by atoms with Crippen LogP contribution in [0.5, 0.6) is 0 Å². The van der Waals surface area contributed by atoms with Gasteiger partial charge in [-0.25, -0.2) is 0 Å². The fraction of sp³-hybridized carbons (Fsp3) is 0.286. The molecule has 2 aromatic carbocycles. The first-order chi connectivity index (χ1) is 12.8. The number of para-hydroxylation sites is 1. The second-order valence-electron chi connectivity index (χ2n) is 6.56. The van der Waals surface area contributed by atoms with Crippen LogP contribution in [0.2, 0.25) is 0 Å². The number of rotatable bonds is 5. The van der Waals surface area contributed by atoms with Gasteiger partial charge in [-0.2, -0.15) is 0 Å². The molecule has 2 heterocycles. The predicted octanol–water partition coefficient (Wildman–Crippen LogP) is 2.83. The Labute approximate surface area is 164 Å². The highest BCUT2D eigenvalue weighted by Crippen LogP contribution is 2.30. The molecule has 0 aliphatic carbocycles. The molecule has 4 rings (SSSR count). The molecule has 0 saturated carbocycles. The predicted molar refractivity (Wildman–Crippen MR) is 109 cm³/mol. The summed E-state index contributed by atoms with van der Waals surface area (Å²) in [5, 5.41) is 7.47. The minimum atomic E-state index is -0.414. The van der Waals surface area contributed by atoms with Crippen LogP contribution < -0.4 is 10.6 Å². The first-order valence-electron chi connectivity index (χ1n) is 9.04. The van der Waals surface area contributed by atoms with Crippen molar-refractivity contribution in [2.24, 2.45) is 0 Å². The van der Waals surface area contributed by atoms with Gasteiger partial charge in [0, 0.05) is 42.7 Å². The van der Waals surface area contributed by atoms with Crippen molar-refractivity contribution >= 4 is 29.2 Å². The van der Waals surface area contributed by atoms with E-state index in [9.17, 15) is 4.79 Å². The van der Waals surface area contributed by atoms with E-state index in [1.54, 1.807) is 0 Å². The van der Waals surface area contributed by atoms with E-state index in [0.29, 0.717) is 19.7 Å². The van der Waals surface area contributed by atoms with Gasteiger partial charge in [-0.05, 0) is 17.2 Å². The van der Waals surface area contributed by atoms with Gasteiger partial charge in [-0.1, -0.05) is 48.5 Å². The van der Waals surface area contributed by atoms with E-state index < -0.39 is 6.10 Å². The average molecular weight is 386 g/mol. The third-order valence-electron chi connectivity index (χ3n) is 4.90. The maximum atomic E-state index is 12.5. The lowest BCUT2D eigenvalue weighted by atomic mass is 9.91. The minimum Gasteiger partial charge on any atom is -0.366 e. The fourth-order valence-electron chi connectivity index (χ4n) is 3.53. The summed E-state index contributed by atoms with van der Waals surface area (Å²) < 4.78 is 5.56. The fourth-order valence-corrected chi connectivity index (χ4v) is 3.53.